The zero-order chi connectivity index (χ0) is 18.1. The van der Waals surface area contributed by atoms with Gasteiger partial charge in [-0.25, -0.2) is 4.98 Å². The van der Waals surface area contributed by atoms with Gasteiger partial charge in [-0.15, -0.1) is 0 Å². The van der Waals surface area contributed by atoms with Crippen LogP contribution in [0.1, 0.15) is 34.3 Å². The number of nitrogens with two attached hydrogens (primary N) is 1. The fourth-order valence-electron chi connectivity index (χ4n) is 4.08. The molecule has 1 amide bonds. The monoisotopic (exact) mass is 353 g/mol. The molecular weight excluding hydrogens is 330 g/mol. The number of ether oxygens (including phenoxy) is 2. The maximum absolute atomic E-state index is 12.7. The summed E-state index contributed by atoms with van der Waals surface area (Å²) in [5, 5.41) is 0. The largest absolute Gasteiger partial charge is 0.496 e. The molecule has 1 spiro atoms. The first-order valence-corrected chi connectivity index (χ1v) is 8.94. The van der Waals surface area contributed by atoms with Gasteiger partial charge in [0.15, 0.2) is 0 Å². The maximum Gasteiger partial charge on any atom is 0.255 e. The van der Waals surface area contributed by atoms with Crippen LogP contribution in [0.4, 0.5) is 5.82 Å². The Morgan fingerprint density at radius 3 is 2.77 bits per heavy atom. The second-order valence-corrected chi connectivity index (χ2v) is 6.85. The van der Waals surface area contributed by atoms with Crippen LogP contribution in [0.2, 0.25) is 0 Å². The number of rotatable bonds is 2. The summed E-state index contributed by atoms with van der Waals surface area (Å²) < 4.78 is 11.9. The van der Waals surface area contributed by atoms with Crippen molar-refractivity contribution in [2.45, 2.75) is 24.9 Å². The van der Waals surface area contributed by atoms with Crippen molar-refractivity contribution in [3.05, 3.63) is 53.2 Å². The van der Waals surface area contributed by atoms with Crippen molar-refractivity contribution in [3.8, 4) is 5.75 Å². The zero-order valence-corrected chi connectivity index (χ0v) is 14.9. The standard InChI is InChI=1S/C20H23N3O3/c1-25-16-4-2-3-14-7-12-26-20(18(14)16)8-10-23(11-9-20)19(24)15-5-6-17(21)22-13-15/h2-6,13H,7-12H2,1H3,(H2,21,22). The lowest BCUT2D eigenvalue weighted by Crippen LogP contribution is -2.48. The van der Waals surface area contributed by atoms with Gasteiger partial charge in [-0.2, -0.15) is 0 Å². The maximum atomic E-state index is 12.7. The molecule has 1 saturated heterocycles. The molecule has 2 aliphatic heterocycles. The van der Waals surface area contributed by atoms with E-state index in [4.69, 9.17) is 15.2 Å². The van der Waals surface area contributed by atoms with E-state index in [-0.39, 0.29) is 11.5 Å². The Bertz CT molecular complexity index is 797. The van der Waals surface area contributed by atoms with E-state index >= 15 is 0 Å². The number of nitrogen functional groups attached to an aromatic ring is 1. The number of anilines is 1. The molecule has 1 aromatic carbocycles. The number of piperidine rings is 1. The number of likely N-dealkylation sites (tertiary alicyclic amines) is 1. The Morgan fingerprint density at radius 2 is 2.08 bits per heavy atom. The molecule has 26 heavy (non-hydrogen) atoms. The third-order valence-electron chi connectivity index (χ3n) is 5.43. The van der Waals surface area contributed by atoms with Crippen molar-refractivity contribution in [2.75, 3.05) is 32.5 Å². The second-order valence-electron chi connectivity index (χ2n) is 6.85. The van der Waals surface area contributed by atoms with Crippen LogP contribution < -0.4 is 10.5 Å². The highest BCUT2D eigenvalue weighted by atomic mass is 16.5. The molecule has 0 unspecified atom stereocenters. The molecule has 2 N–H and O–H groups in total. The lowest BCUT2D eigenvalue weighted by atomic mass is 9.78. The Hall–Kier alpha value is -2.60. The van der Waals surface area contributed by atoms with Gasteiger partial charge in [-0.3, -0.25) is 4.79 Å². The van der Waals surface area contributed by atoms with Crippen LogP contribution in [-0.4, -0.2) is 42.6 Å². The Kier molecular flexibility index (Phi) is 4.28. The van der Waals surface area contributed by atoms with Crippen LogP contribution in [0, 0.1) is 0 Å². The van der Waals surface area contributed by atoms with Gasteiger partial charge in [0.1, 0.15) is 17.2 Å². The number of aromatic nitrogens is 1. The quantitative estimate of drug-likeness (QED) is 0.897. The van der Waals surface area contributed by atoms with Crippen LogP contribution in [0.5, 0.6) is 5.75 Å². The summed E-state index contributed by atoms with van der Waals surface area (Å²) >= 11 is 0. The van der Waals surface area contributed by atoms with E-state index in [9.17, 15) is 4.79 Å². The Labute approximate surface area is 152 Å². The van der Waals surface area contributed by atoms with Crippen molar-refractivity contribution in [2.24, 2.45) is 0 Å². The summed E-state index contributed by atoms with van der Waals surface area (Å²) in [6.07, 6.45) is 3.95. The van der Waals surface area contributed by atoms with Gasteiger partial charge >= 0.3 is 0 Å². The molecule has 1 aromatic heterocycles. The number of nitrogens with zero attached hydrogens (tertiary/aromatic N) is 2. The van der Waals surface area contributed by atoms with Gasteiger partial charge in [0.05, 0.1) is 19.3 Å². The molecular formula is C20H23N3O3. The first-order chi connectivity index (χ1) is 12.6. The van der Waals surface area contributed by atoms with Crippen molar-refractivity contribution in [1.29, 1.82) is 0 Å². The topological polar surface area (TPSA) is 77.7 Å². The molecule has 2 aromatic rings. The molecule has 0 radical (unpaired) electrons. The number of hydrogen-bond donors (Lipinski definition) is 1. The highest BCUT2D eigenvalue weighted by Gasteiger charge is 2.43. The molecule has 4 rings (SSSR count). The number of benzene rings is 1. The molecule has 6 heteroatoms. The summed E-state index contributed by atoms with van der Waals surface area (Å²) in [7, 11) is 1.70. The lowest BCUT2D eigenvalue weighted by molar-refractivity contribution is -0.0946. The molecule has 3 heterocycles. The van der Waals surface area contributed by atoms with E-state index in [0.29, 0.717) is 31.1 Å². The molecule has 1 fully saturated rings. The van der Waals surface area contributed by atoms with Gasteiger partial charge in [0.2, 0.25) is 0 Å². The van der Waals surface area contributed by atoms with Crippen LogP contribution in [0.15, 0.2) is 36.5 Å². The van der Waals surface area contributed by atoms with Crippen LogP contribution in [-0.2, 0) is 16.8 Å². The third kappa shape index (κ3) is 2.80. The van der Waals surface area contributed by atoms with Crippen molar-refractivity contribution < 1.29 is 14.3 Å². The average molecular weight is 353 g/mol. The first kappa shape index (κ1) is 16.8. The van der Waals surface area contributed by atoms with Gasteiger partial charge in [0, 0.05) is 24.8 Å². The molecule has 0 bridgehead atoms. The smallest absolute Gasteiger partial charge is 0.255 e. The number of carbonyl (C=O) groups excluding carboxylic acids is 1. The summed E-state index contributed by atoms with van der Waals surface area (Å²) in [5.74, 6) is 1.28. The summed E-state index contributed by atoms with van der Waals surface area (Å²) in [6.45, 7) is 1.98. The normalized spacial score (nSPS) is 18.4. The van der Waals surface area contributed by atoms with Crippen molar-refractivity contribution in [3.63, 3.8) is 0 Å². The highest BCUT2D eigenvalue weighted by molar-refractivity contribution is 5.94. The zero-order valence-electron chi connectivity index (χ0n) is 14.9. The molecule has 2 aliphatic rings. The Morgan fingerprint density at radius 1 is 1.27 bits per heavy atom. The van der Waals surface area contributed by atoms with Gasteiger partial charge < -0.3 is 20.1 Å². The second kappa shape index (κ2) is 6.61. The predicted molar refractivity (Wildman–Crippen MR) is 98.1 cm³/mol. The summed E-state index contributed by atoms with van der Waals surface area (Å²) in [4.78, 5) is 18.6. The summed E-state index contributed by atoms with van der Waals surface area (Å²) in [5.41, 5.74) is 8.26. The van der Waals surface area contributed by atoms with Gasteiger partial charge in [-0.05, 0) is 43.0 Å². The number of hydrogen-bond acceptors (Lipinski definition) is 5. The van der Waals surface area contributed by atoms with Crippen LogP contribution in [0.3, 0.4) is 0 Å². The van der Waals surface area contributed by atoms with Crippen LogP contribution in [0.25, 0.3) is 0 Å². The minimum Gasteiger partial charge on any atom is -0.496 e. The van der Waals surface area contributed by atoms with E-state index < -0.39 is 0 Å². The number of methoxy groups -OCH3 is 1. The first-order valence-electron chi connectivity index (χ1n) is 8.94. The number of pyridine rings is 1. The van der Waals surface area contributed by atoms with E-state index in [1.165, 1.54) is 11.8 Å². The third-order valence-corrected chi connectivity index (χ3v) is 5.43. The molecule has 0 atom stereocenters. The van der Waals surface area contributed by atoms with Crippen molar-refractivity contribution in [1.82, 2.24) is 9.88 Å². The predicted octanol–water partition coefficient (Wildman–Crippen LogP) is 2.38. The fourth-order valence-corrected chi connectivity index (χ4v) is 4.08. The van der Waals surface area contributed by atoms with Crippen molar-refractivity contribution >= 4 is 11.7 Å². The lowest BCUT2D eigenvalue weighted by Gasteiger charge is -2.45. The van der Waals surface area contributed by atoms with Crippen LogP contribution >= 0.6 is 0 Å². The summed E-state index contributed by atoms with van der Waals surface area (Å²) in [6, 6.07) is 9.56. The van der Waals surface area contributed by atoms with E-state index in [1.54, 1.807) is 19.2 Å². The number of amides is 1. The van der Waals surface area contributed by atoms with E-state index in [1.807, 2.05) is 17.0 Å². The fraction of sp³-hybridized carbons (Fsp3) is 0.400. The van der Waals surface area contributed by atoms with E-state index in [2.05, 4.69) is 11.1 Å². The number of fused-ring (bicyclic) bond motifs is 2. The molecule has 0 aliphatic carbocycles. The molecule has 136 valence electrons. The van der Waals surface area contributed by atoms with E-state index in [0.717, 1.165) is 30.6 Å². The van der Waals surface area contributed by atoms with Gasteiger partial charge in [0.25, 0.3) is 5.91 Å². The SMILES string of the molecule is COc1cccc2c1C1(CCN(C(=O)c3ccc(N)nc3)CC1)OCC2. The average Bonchev–Trinajstić information content (AvgIpc) is 2.68. The molecule has 0 saturated carbocycles. The highest BCUT2D eigenvalue weighted by Crippen LogP contribution is 2.45. The number of carbonyl (C=O) groups is 1. The minimum absolute atomic E-state index is 0.0107. The minimum atomic E-state index is -0.365. The Balaban J connectivity index is 1.56. The van der Waals surface area contributed by atoms with Gasteiger partial charge in [-0.1, -0.05) is 12.1 Å². The molecule has 6 nitrogen and oxygen atoms in total.